The Hall–Kier alpha value is -2.13. The molecule has 24 heavy (non-hydrogen) atoms. The van der Waals surface area contributed by atoms with Crippen LogP contribution in [-0.4, -0.2) is 30.4 Å². The summed E-state index contributed by atoms with van der Waals surface area (Å²) in [6, 6.07) is 20.4. The van der Waals surface area contributed by atoms with Gasteiger partial charge in [0.15, 0.2) is 0 Å². The van der Waals surface area contributed by atoms with Gasteiger partial charge in [-0.25, -0.2) is 0 Å². The Labute approximate surface area is 144 Å². The zero-order valence-corrected chi connectivity index (χ0v) is 14.9. The summed E-state index contributed by atoms with van der Waals surface area (Å²) in [5.41, 5.74) is 2.12. The topological polar surface area (TPSA) is 23.6 Å². The van der Waals surface area contributed by atoms with Gasteiger partial charge in [-0.15, -0.1) is 0 Å². The van der Waals surface area contributed by atoms with Crippen LogP contribution in [0.3, 0.4) is 0 Å². The van der Waals surface area contributed by atoms with E-state index in [0.717, 1.165) is 12.2 Å². The molecule has 0 bridgehead atoms. The lowest BCUT2D eigenvalue weighted by Crippen LogP contribution is -2.46. The fraction of sp³-hybridized carbons (Fsp3) is 0.381. The third kappa shape index (κ3) is 2.96. The van der Waals surface area contributed by atoms with Gasteiger partial charge in [0, 0.05) is 23.7 Å². The molecule has 3 heteroatoms. The van der Waals surface area contributed by atoms with Crippen molar-refractivity contribution in [3.8, 4) is 0 Å². The largest absolute Gasteiger partial charge is 0.310 e. The Balaban J connectivity index is 1.88. The van der Waals surface area contributed by atoms with Crippen LogP contribution >= 0.6 is 0 Å². The molecule has 3 rings (SSSR count). The molecule has 1 aliphatic rings. The van der Waals surface area contributed by atoms with Crippen molar-refractivity contribution in [1.82, 2.24) is 4.90 Å². The van der Waals surface area contributed by atoms with E-state index in [-0.39, 0.29) is 23.4 Å². The molecule has 1 heterocycles. The highest BCUT2D eigenvalue weighted by Crippen LogP contribution is 2.39. The van der Waals surface area contributed by atoms with Gasteiger partial charge in [0.2, 0.25) is 5.91 Å². The third-order valence-electron chi connectivity index (χ3n) is 5.17. The van der Waals surface area contributed by atoms with Crippen LogP contribution in [0, 0.1) is 5.41 Å². The molecule has 0 spiro atoms. The minimum atomic E-state index is -0.132. The molecule has 0 radical (unpaired) electrons. The van der Waals surface area contributed by atoms with Gasteiger partial charge in [0.05, 0.1) is 6.04 Å². The summed E-state index contributed by atoms with van der Waals surface area (Å²) in [4.78, 5) is 17.3. The van der Waals surface area contributed by atoms with Gasteiger partial charge >= 0.3 is 0 Å². The molecule has 2 aromatic rings. The zero-order chi connectivity index (χ0) is 17.3. The Morgan fingerprint density at radius 3 is 2.17 bits per heavy atom. The van der Waals surface area contributed by atoms with E-state index < -0.39 is 0 Å². The van der Waals surface area contributed by atoms with Crippen LogP contribution in [0.2, 0.25) is 0 Å². The van der Waals surface area contributed by atoms with Crippen molar-refractivity contribution in [3.63, 3.8) is 0 Å². The predicted octanol–water partition coefficient (Wildman–Crippen LogP) is 4.12. The first-order valence-corrected chi connectivity index (χ1v) is 8.55. The summed E-state index contributed by atoms with van der Waals surface area (Å²) in [5.74, 6) is 0.191. The molecule has 2 aromatic carbocycles. The second kappa shape index (κ2) is 6.40. The van der Waals surface area contributed by atoms with Crippen molar-refractivity contribution in [2.24, 2.45) is 5.41 Å². The van der Waals surface area contributed by atoms with E-state index in [0.29, 0.717) is 0 Å². The van der Waals surface area contributed by atoms with Crippen molar-refractivity contribution in [1.29, 1.82) is 0 Å². The Morgan fingerprint density at radius 1 is 1.04 bits per heavy atom. The normalized spacial score (nSPS) is 21.3. The second-order valence-electron chi connectivity index (χ2n) is 7.40. The number of rotatable bonds is 4. The van der Waals surface area contributed by atoms with Crippen molar-refractivity contribution in [3.05, 3.63) is 66.2 Å². The first kappa shape index (κ1) is 16.7. The summed E-state index contributed by atoms with van der Waals surface area (Å²) in [6.45, 7) is 7.29. The number of amides is 1. The third-order valence-corrected chi connectivity index (χ3v) is 5.17. The van der Waals surface area contributed by atoms with Crippen LogP contribution in [0.4, 0.5) is 5.69 Å². The average molecular weight is 322 g/mol. The maximum atomic E-state index is 13.2. The van der Waals surface area contributed by atoms with Gasteiger partial charge in [0.1, 0.15) is 0 Å². The van der Waals surface area contributed by atoms with E-state index in [4.69, 9.17) is 0 Å². The molecule has 0 aromatic heterocycles. The smallest absolute Gasteiger partial charge is 0.244 e. The first-order valence-electron chi connectivity index (χ1n) is 8.55. The van der Waals surface area contributed by atoms with Crippen LogP contribution in [0.15, 0.2) is 60.7 Å². The SMILES string of the molecule is C[C@@H](c1ccccc1)N(C)[C@H]1C(=O)N(c2ccccc2)CC1(C)C. The lowest BCUT2D eigenvalue weighted by molar-refractivity contribution is -0.123. The highest BCUT2D eigenvalue weighted by Gasteiger charge is 2.49. The Bertz CT molecular complexity index is 696. The average Bonchev–Trinajstić information content (AvgIpc) is 2.84. The maximum Gasteiger partial charge on any atom is 0.244 e. The lowest BCUT2D eigenvalue weighted by Gasteiger charge is -2.36. The fourth-order valence-corrected chi connectivity index (χ4v) is 3.80. The van der Waals surface area contributed by atoms with E-state index in [2.05, 4.69) is 57.0 Å². The van der Waals surface area contributed by atoms with Gasteiger partial charge in [-0.3, -0.25) is 9.69 Å². The summed E-state index contributed by atoms with van der Waals surface area (Å²) < 4.78 is 0. The van der Waals surface area contributed by atoms with Crippen LogP contribution < -0.4 is 4.90 Å². The molecule has 1 aliphatic heterocycles. The molecule has 0 aliphatic carbocycles. The number of carbonyl (C=O) groups excluding carboxylic acids is 1. The van der Waals surface area contributed by atoms with Gasteiger partial charge in [-0.1, -0.05) is 62.4 Å². The van der Waals surface area contributed by atoms with Gasteiger partial charge in [-0.2, -0.15) is 0 Å². The van der Waals surface area contributed by atoms with Gasteiger partial charge in [0.25, 0.3) is 0 Å². The Morgan fingerprint density at radius 2 is 1.58 bits per heavy atom. The first-order chi connectivity index (χ1) is 11.4. The minimum Gasteiger partial charge on any atom is -0.310 e. The number of carbonyl (C=O) groups is 1. The summed E-state index contributed by atoms with van der Waals surface area (Å²) >= 11 is 0. The summed E-state index contributed by atoms with van der Waals surface area (Å²) in [6.07, 6.45) is 0. The highest BCUT2D eigenvalue weighted by molar-refractivity contribution is 6.00. The predicted molar refractivity (Wildman–Crippen MR) is 99.0 cm³/mol. The molecular weight excluding hydrogens is 296 g/mol. The number of nitrogens with zero attached hydrogens (tertiary/aromatic N) is 2. The molecule has 3 nitrogen and oxygen atoms in total. The second-order valence-corrected chi connectivity index (χ2v) is 7.40. The van der Waals surface area contributed by atoms with Crippen LogP contribution in [0.25, 0.3) is 0 Å². The number of hydrogen-bond donors (Lipinski definition) is 0. The van der Waals surface area contributed by atoms with Crippen LogP contribution in [0.5, 0.6) is 0 Å². The molecular formula is C21H26N2O. The Kier molecular flexibility index (Phi) is 4.46. The van der Waals surface area contributed by atoms with E-state index in [1.807, 2.05) is 41.3 Å². The van der Waals surface area contributed by atoms with Gasteiger partial charge in [-0.05, 0) is 31.7 Å². The van der Waals surface area contributed by atoms with E-state index in [1.165, 1.54) is 5.56 Å². The van der Waals surface area contributed by atoms with Crippen LogP contribution in [-0.2, 0) is 4.79 Å². The van der Waals surface area contributed by atoms with Crippen molar-refractivity contribution in [2.75, 3.05) is 18.5 Å². The van der Waals surface area contributed by atoms with Crippen LogP contribution in [0.1, 0.15) is 32.4 Å². The van der Waals surface area contributed by atoms with E-state index in [1.54, 1.807) is 0 Å². The molecule has 2 atom stereocenters. The number of hydrogen-bond acceptors (Lipinski definition) is 2. The van der Waals surface area contributed by atoms with Crippen molar-refractivity contribution in [2.45, 2.75) is 32.9 Å². The molecule has 1 fully saturated rings. The lowest BCUT2D eigenvalue weighted by atomic mass is 9.85. The quantitative estimate of drug-likeness (QED) is 0.845. The molecule has 0 N–H and O–H groups in total. The van der Waals surface area contributed by atoms with Crippen molar-refractivity contribution < 1.29 is 4.79 Å². The number of likely N-dealkylation sites (N-methyl/N-ethyl adjacent to an activating group) is 1. The van der Waals surface area contributed by atoms with Crippen molar-refractivity contribution >= 4 is 11.6 Å². The molecule has 1 amide bonds. The number of benzene rings is 2. The molecule has 0 saturated carbocycles. The fourth-order valence-electron chi connectivity index (χ4n) is 3.80. The van der Waals surface area contributed by atoms with E-state index >= 15 is 0 Å². The molecule has 0 unspecified atom stereocenters. The highest BCUT2D eigenvalue weighted by atomic mass is 16.2. The molecule has 1 saturated heterocycles. The monoisotopic (exact) mass is 322 g/mol. The summed E-state index contributed by atoms with van der Waals surface area (Å²) in [5, 5.41) is 0. The maximum absolute atomic E-state index is 13.2. The minimum absolute atomic E-state index is 0.106. The van der Waals surface area contributed by atoms with Gasteiger partial charge < -0.3 is 4.90 Å². The standard InChI is InChI=1S/C21H26N2O/c1-16(17-11-7-5-8-12-17)22(4)19-20(24)23(15-21(19,2)3)18-13-9-6-10-14-18/h5-14,16,19H,15H2,1-4H3/t16-,19-/m0/s1. The molecule has 126 valence electrons. The van der Waals surface area contributed by atoms with E-state index in [9.17, 15) is 4.79 Å². The summed E-state index contributed by atoms with van der Waals surface area (Å²) in [7, 11) is 2.07. The number of anilines is 1. The zero-order valence-electron chi connectivity index (χ0n) is 14.9. The number of para-hydroxylation sites is 1.